The summed E-state index contributed by atoms with van der Waals surface area (Å²) in [5, 5.41) is 14.7. The number of rotatable bonds is 6. The predicted molar refractivity (Wildman–Crippen MR) is 70.8 cm³/mol. The highest BCUT2D eigenvalue weighted by atomic mass is 32.2. The Kier molecular flexibility index (Phi) is 4.35. The van der Waals surface area contributed by atoms with Gasteiger partial charge in [-0.15, -0.1) is 16.8 Å². The number of thioether (sulfide) groups is 1. The third-order valence-corrected chi connectivity index (χ3v) is 3.11. The van der Waals surface area contributed by atoms with E-state index < -0.39 is 0 Å². The van der Waals surface area contributed by atoms with Gasteiger partial charge in [0.15, 0.2) is 11.0 Å². The lowest BCUT2D eigenvalue weighted by atomic mass is 10.5. The molecule has 0 unspecified atom stereocenters. The van der Waals surface area contributed by atoms with E-state index in [9.17, 15) is 4.79 Å². The Morgan fingerprint density at radius 2 is 2.53 bits per heavy atom. The van der Waals surface area contributed by atoms with Crippen molar-refractivity contribution in [3.8, 4) is 0 Å². The zero-order valence-corrected chi connectivity index (χ0v) is 11.2. The van der Waals surface area contributed by atoms with Crippen LogP contribution in [0.2, 0.25) is 0 Å². The van der Waals surface area contributed by atoms with Crippen molar-refractivity contribution in [3.63, 3.8) is 0 Å². The maximum atomic E-state index is 11.7. The molecular formula is C11H13N5O2S. The first-order valence-corrected chi connectivity index (χ1v) is 6.52. The average Bonchev–Trinajstić information content (AvgIpc) is 2.97. The molecule has 2 rings (SSSR count). The zero-order chi connectivity index (χ0) is 13.7. The van der Waals surface area contributed by atoms with E-state index in [0.717, 1.165) is 0 Å². The second kappa shape index (κ2) is 6.19. The van der Waals surface area contributed by atoms with Crippen molar-refractivity contribution in [2.24, 2.45) is 0 Å². The molecule has 2 heterocycles. The molecule has 100 valence electrons. The van der Waals surface area contributed by atoms with Gasteiger partial charge in [-0.25, -0.2) is 0 Å². The predicted octanol–water partition coefficient (Wildman–Crippen LogP) is 1.49. The van der Waals surface area contributed by atoms with Crippen LogP contribution in [0.25, 0.3) is 0 Å². The van der Waals surface area contributed by atoms with Crippen LogP contribution in [0.15, 0.2) is 34.7 Å². The van der Waals surface area contributed by atoms with Gasteiger partial charge in [-0.1, -0.05) is 23.0 Å². The number of aryl methyl sites for hydroxylation is 1. The second-order valence-corrected chi connectivity index (χ2v) is 4.66. The molecule has 8 heteroatoms. The van der Waals surface area contributed by atoms with Gasteiger partial charge in [-0.05, 0) is 6.92 Å². The van der Waals surface area contributed by atoms with Gasteiger partial charge >= 0.3 is 0 Å². The molecule has 0 radical (unpaired) electrons. The van der Waals surface area contributed by atoms with Gasteiger partial charge in [0.25, 0.3) is 0 Å². The summed E-state index contributed by atoms with van der Waals surface area (Å²) in [5.41, 5.74) is 0. The van der Waals surface area contributed by atoms with Crippen LogP contribution in [-0.2, 0) is 11.3 Å². The van der Waals surface area contributed by atoms with Gasteiger partial charge in [0.1, 0.15) is 12.1 Å². The van der Waals surface area contributed by atoms with E-state index in [-0.39, 0.29) is 11.7 Å². The maximum absolute atomic E-state index is 11.7. The molecule has 1 N–H and O–H groups in total. The monoisotopic (exact) mass is 279 g/mol. The van der Waals surface area contributed by atoms with Crippen molar-refractivity contribution < 1.29 is 9.32 Å². The summed E-state index contributed by atoms with van der Waals surface area (Å²) in [6, 6.07) is 1.66. The molecule has 0 fully saturated rings. The first-order chi connectivity index (χ1) is 9.19. The highest BCUT2D eigenvalue weighted by Crippen LogP contribution is 2.15. The van der Waals surface area contributed by atoms with E-state index >= 15 is 0 Å². The van der Waals surface area contributed by atoms with Crippen LogP contribution in [0.5, 0.6) is 0 Å². The number of amides is 1. The van der Waals surface area contributed by atoms with Gasteiger partial charge in [0.05, 0.1) is 5.75 Å². The van der Waals surface area contributed by atoms with Crippen molar-refractivity contribution >= 4 is 23.5 Å². The summed E-state index contributed by atoms with van der Waals surface area (Å²) < 4.78 is 6.67. The van der Waals surface area contributed by atoms with Crippen LogP contribution >= 0.6 is 11.8 Å². The number of allylic oxidation sites excluding steroid dienone is 1. The number of hydrogen-bond acceptors (Lipinski definition) is 6. The molecule has 0 aliphatic heterocycles. The molecule has 0 saturated carbocycles. The lowest BCUT2D eigenvalue weighted by Gasteiger charge is -2.02. The lowest BCUT2D eigenvalue weighted by molar-refractivity contribution is -0.113. The van der Waals surface area contributed by atoms with E-state index in [1.165, 1.54) is 11.8 Å². The normalized spacial score (nSPS) is 10.4. The van der Waals surface area contributed by atoms with E-state index in [1.807, 2.05) is 4.57 Å². The van der Waals surface area contributed by atoms with Crippen LogP contribution in [0.4, 0.5) is 5.82 Å². The van der Waals surface area contributed by atoms with E-state index in [0.29, 0.717) is 23.3 Å². The van der Waals surface area contributed by atoms with E-state index in [2.05, 4.69) is 27.2 Å². The number of carbonyl (C=O) groups excluding carboxylic acids is 1. The largest absolute Gasteiger partial charge is 0.360 e. The first kappa shape index (κ1) is 13.3. The molecule has 0 aromatic carbocycles. The third-order valence-electron chi connectivity index (χ3n) is 2.13. The van der Waals surface area contributed by atoms with Gasteiger partial charge in [0, 0.05) is 12.6 Å². The fraction of sp³-hybridized carbons (Fsp3) is 0.273. The van der Waals surface area contributed by atoms with Crippen LogP contribution in [0.1, 0.15) is 5.76 Å². The summed E-state index contributed by atoms with van der Waals surface area (Å²) >= 11 is 1.30. The minimum atomic E-state index is -0.175. The number of nitrogens with one attached hydrogen (secondary N) is 1. The summed E-state index contributed by atoms with van der Waals surface area (Å²) in [6.45, 7) is 6.02. The Morgan fingerprint density at radius 1 is 1.68 bits per heavy atom. The summed E-state index contributed by atoms with van der Waals surface area (Å²) in [5.74, 6) is 1.11. The Bertz CT molecular complexity index is 577. The molecule has 0 aliphatic rings. The van der Waals surface area contributed by atoms with Crippen molar-refractivity contribution in [2.45, 2.75) is 18.6 Å². The molecule has 0 bridgehead atoms. The quantitative estimate of drug-likeness (QED) is 0.637. The molecule has 2 aromatic heterocycles. The van der Waals surface area contributed by atoms with Crippen LogP contribution in [0, 0.1) is 6.92 Å². The Balaban J connectivity index is 1.86. The van der Waals surface area contributed by atoms with Gasteiger partial charge in [-0.3, -0.25) is 4.79 Å². The minimum absolute atomic E-state index is 0.175. The number of hydrogen-bond donors (Lipinski definition) is 1. The van der Waals surface area contributed by atoms with Crippen LogP contribution in [-0.4, -0.2) is 31.6 Å². The Labute approximate surface area is 114 Å². The highest BCUT2D eigenvalue weighted by molar-refractivity contribution is 7.99. The van der Waals surface area contributed by atoms with Crippen molar-refractivity contribution in [1.82, 2.24) is 19.9 Å². The van der Waals surface area contributed by atoms with Gasteiger partial charge in [0.2, 0.25) is 5.91 Å². The molecular weight excluding hydrogens is 266 g/mol. The summed E-state index contributed by atoms with van der Waals surface area (Å²) in [4.78, 5) is 11.7. The fourth-order valence-electron chi connectivity index (χ4n) is 1.35. The molecule has 2 aromatic rings. The topological polar surface area (TPSA) is 85.8 Å². The molecule has 0 aliphatic carbocycles. The fourth-order valence-corrected chi connectivity index (χ4v) is 2.08. The number of nitrogens with zero attached hydrogens (tertiary/aromatic N) is 4. The van der Waals surface area contributed by atoms with Crippen LogP contribution in [0.3, 0.4) is 0 Å². The molecule has 0 atom stereocenters. The summed E-state index contributed by atoms with van der Waals surface area (Å²) in [6.07, 6.45) is 3.34. The molecule has 0 saturated heterocycles. The van der Waals surface area contributed by atoms with E-state index in [4.69, 9.17) is 4.52 Å². The molecule has 0 spiro atoms. The van der Waals surface area contributed by atoms with Gasteiger partial charge in [-0.2, -0.15) is 0 Å². The van der Waals surface area contributed by atoms with Crippen molar-refractivity contribution in [2.75, 3.05) is 11.1 Å². The molecule has 7 nitrogen and oxygen atoms in total. The lowest BCUT2D eigenvalue weighted by Crippen LogP contribution is -2.14. The second-order valence-electron chi connectivity index (χ2n) is 3.71. The first-order valence-electron chi connectivity index (χ1n) is 5.53. The van der Waals surface area contributed by atoms with Crippen molar-refractivity contribution in [1.29, 1.82) is 0 Å². The molecule has 19 heavy (non-hydrogen) atoms. The maximum Gasteiger partial charge on any atom is 0.236 e. The molecule has 1 amide bonds. The van der Waals surface area contributed by atoms with Gasteiger partial charge < -0.3 is 14.4 Å². The Morgan fingerprint density at radius 3 is 3.21 bits per heavy atom. The third kappa shape index (κ3) is 3.68. The zero-order valence-electron chi connectivity index (χ0n) is 10.4. The van der Waals surface area contributed by atoms with E-state index in [1.54, 1.807) is 25.4 Å². The SMILES string of the molecule is C=CCn1cnnc1SCC(=O)Nc1cc(C)on1. The number of aromatic nitrogens is 4. The van der Waals surface area contributed by atoms with Crippen LogP contribution < -0.4 is 5.32 Å². The highest BCUT2D eigenvalue weighted by Gasteiger charge is 2.10. The average molecular weight is 279 g/mol. The Hall–Kier alpha value is -2.09. The van der Waals surface area contributed by atoms with Crippen molar-refractivity contribution in [3.05, 3.63) is 30.8 Å². The standard InChI is InChI=1S/C11H13N5O2S/c1-3-4-16-7-12-14-11(16)19-6-10(17)13-9-5-8(2)18-15-9/h3,5,7H,1,4,6H2,2H3,(H,13,15,17). The number of carbonyl (C=O) groups is 1. The smallest absolute Gasteiger partial charge is 0.236 e. The number of anilines is 1. The summed E-state index contributed by atoms with van der Waals surface area (Å²) in [7, 11) is 0. The minimum Gasteiger partial charge on any atom is -0.360 e.